The maximum atomic E-state index is 13.0. The molecular formula is C20H24F3N5O3S. The number of halogens is 3. The molecule has 0 bridgehead atoms. The summed E-state index contributed by atoms with van der Waals surface area (Å²) in [5.74, 6) is 0.655. The van der Waals surface area contributed by atoms with Gasteiger partial charge in [0.25, 0.3) is 0 Å². The number of benzene rings is 1. The van der Waals surface area contributed by atoms with Crippen LogP contribution in [0.2, 0.25) is 0 Å². The van der Waals surface area contributed by atoms with E-state index >= 15 is 0 Å². The molecule has 174 valence electrons. The van der Waals surface area contributed by atoms with E-state index in [0.29, 0.717) is 19.0 Å². The number of rotatable bonds is 5. The molecule has 2 aromatic rings. The monoisotopic (exact) mass is 471 g/mol. The highest BCUT2D eigenvalue weighted by molar-refractivity contribution is 7.89. The van der Waals surface area contributed by atoms with Crippen LogP contribution in [0.4, 0.5) is 24.9 Å². The molecular weight excluding hydrogens is 447 g/mol. The van der Waals surface area contributed by atoms with Crippen molar-refractivity contribution in [2.75, 3.05) is 49.1 Å². The Bertz CT molecular complexity index is 1070. The standard InChI is InChI=1S/C20H24F3N5O3S/c1-15-14-18(26-8-4-5-9-26)25-19(24-15)27-10-12-28(13-11-27)32(29,30)17-7-3-2-6-16(17)31-20(21,22)23/h2-3,6-7,14H,4-5,8-13H2,1H3. The van der Waals surface area contributed by atoms with Gasteiger partial charge in [-0.25, -0.2) is 13.4 Å². The molecule has 4 rings (SSSR count). The number of aryl methyl sites for hydroxylation is 1. The van der Waals surface area contributed by atoms with Gasteiger partial charge in [-0.15, -0.1) is 13.2 Å². The highest BCUT2D eigenvalue weighted by Gasteiger charge is 2.36. The zero-order valence-electron chi connectivity index (χ0n) is 17.5. The van der Waals surface area contributed by atoms with Gasteiger partial charge in [0.2, 0.25) is 16.0 Å². The quantitative estimate of drug-likeness (QED) is 0.664. The maximum absolute atomic E-state index is 13.0. The third-order valence-corrected chi connectivity index (χ3v) is 7.41. The van der Waals surface area contributed by atoms with E-state index in [0.717, 1.165) is 49.6 Å². The first kappa shape index (κ1) is 22.6. The summed E-state index contributed by atoms with van der Waals surface area (Å²) in [6.07, 6.45) is -2.75. The fraction of sp³-hybridized carbons (Fsp3) is 0.500. The zero-order chi connectivity index (χ0) is 22.9. The molecule has 0 unspecified atom stereocenters. The van der Waals surface area contributed by atoms with Crippen molar-refractivity contribution >= 4 is 21.8 Å². The molecule has 0 spiro atoms. The largest absolute Gasteiger partial charge is 0.573 e. The molecule has 0 saturated carbocycles. The van der Waals surface area contributed by atoms with Gasteiger partial charge in [-0.1, -0.05) is 12.1 Å². The average molecular weight is 472 g/mol. The molecule has 0 N–H and O–H groups in total. The number of para-hydroxylation sites is 1. The first-order valence-corrected chi connectivity index (χ1v) is 11.8. The lowest BCUT2D eigenvalue weighted by Gasteiger charge is -2.34. The molecule has 12 heteroatoms. The molecule has 32 heavy (non-hydrogen) atoms. The number of anilines is 2. The van der Waals surface area contributed by atoms with Gasteiger partial charge >= 0.3 is 6.36 Å². The van der Waals surface area contributed by atoms with E-state index in [1.165, 1.54) is 16.4 Å². The van der Waals surface area contributed by atoms with Crippen LogP contribution in [-0.4, -0.2) is 68.3 Å². The summed E-state index contributed by atoms with van der Waals surface area (Å²) in [6.45, 7) is 4.62. The van der Waals surface area contributed by atoms with E-state index in [4.69, 9.17) is 0 Å². The molecule has 2 aliphatic heterocycles. The van der Waals surface area contributed by atoms with Crippen molar-refractivity contribution in [3.63, 3.8) is 0 Å². The topological polar surface area (TPSA) is 78.9 Å². The molecule has 2 fully saturated rings. The fourth-order valence-electron chi connectivity index (χ4n) is 3.93. The second-order valence-electron chi connectivity index (χ2n) is 7.75. The minimum Gasteiger partial charge on any atom is -0.404 e. The van der Waals surface area contributed by atoms with Gasteiger partial charge in [-0.2, -0.15) is 9.29 Å². The smallest absolute Gasteiger partial charge is 0.404 e. The molecule has 0 amide bonds. The average Bonchev–Trinajstić information content (AvgIpc) is 3.27. The number of hydrogen-bond acceptors (Lipinski definition) is 7. The lowest BCUT2D eigenvalue weighted by Crippen LogP contribution is -2.49. The molecule has 0 aliphatic carbocycles. The Morgan fingerprint density at radius 1 is 0.938 bits per heavy atom. The third-order valence-electron chi connectivity index (χ3n) is 5.47. The molecule has 1 aromatic carbocycles. The summed E-state index contributed by atoms with van der Waals surface area (Å²) in [5, 5.41) is 0. The first-order chi connectivity index (χ1) is 15.1. The lowest BCUT2D eigenvalue weighted by atomic mass is 10.3. The minimum absolute atomic E-state index is 0.0963. The Kier molecular flexibility index (Phi) is 6.17. The van der Waals surface area contributed by atoms with E-state index < -0.39 is 27.0 Å². The summed E-state index contributed by atoms with van der Waals surface area (Å²) in [4.78, 5) is 12.8. The van der Waals surface area contributed by atoms with Crippen LogP contribution in [0.3, 0.4) is 0 Å². The van der Waals surface area contributed by atoms with Crippen molar-refractivity contribution in [2.24, 2.45) is 0 Å². The summed E-state index contributed by atoms with van der Waals surface area (Å²) in [7, 11) is -4.17. The van der Waals surface area contributed by atoms with Gasteiger partial charge in [-0.05, 0) is 31.9 Å². The van der Waals surface area contributed by atoms with E-state index in [9.17, 15) is 21.6 Å². The van der Waals surface area contributed by atoms with Gasteiger partial charge in [0.05, 0.1) is 0 Å². The Morgan fingerprint density at radius 3 is 2.25 bits per heavy atom. The highest BCUT2D eigenvalue weighted by atomic mass is 32.2. The van der Waals surface area contributed by atoms with Crippen molar-refractivity contribution in [1.29, 1.82) is 0 Å². The lowest BCUT2D eigenvalue weighted by molar-refractivity contribution is -0.275. The van der Waals surface area contributed by atoms with E-state index in [2.05, 4.69) is 19.6 Å². The first-order valence-electron chi connectivity index (χ1n) is 10.3. The van der Waals surface area contributed by atoms with Crippen LogP contribution in [0.1, 0.15) is 18.5 Å². The van der Waals surface area contributed by atoms with Gasteiger partial charge in [0.15, 0.2) is 0 Å². The van der Waals surface area contributed by atoms with Crippen LogP contribution in [-0.2, 0) is 10.0 Å². The van der Waals surface area contributed by atoms with E-state index in [1.54, 1.807) is 0 Å². The summed E-state index contributed by atoms with van der Waals surface area (Å²) >= 11 is 0. The van der Waals surface area contributed by atoms with Crippen molar-refractivity contribution in [3.8, 4) is 5.75 Å². The predicted molar refractivity (Wildman–Crippen MR) is 112 cm³/mol. The van der Waals surface area contributed by atoms with Gasteiger partial charge in [0.1, 0.15) is 16.5 Å². The maximum Gasteiger partial charge on any atom is 0.573 e. The minimum atomic E-state index is -4.99. The van der Waals surface area contributed by atoms with Gasteiger partial charge in [0, 0.05) is 51.0 Å². The second-order valence-corrected chi connectivity index (χ2v) is 9.65. The molecule has 0 atom stereocenters. The van der Waals surface area contributed by atoms with Crippen molar-refractivity contribution in [1.82, 2.24) is 14.3 Å². The molecule has 3 heterocycles. The second kappa shape index (κ2) is 8.74. The Labute approximate surface area is 184 Å². The molecule has 1 aromatic heterocycles. The Morgan fingerprint density at radius 2 is 1.59 bits per heavy atom. The normalized spacial score (nSPS) is 18.2. The van der Waals surface area contributed by atoms with Crippen LogP contribution in [0.15, 0.2) is 35.2 Å². The summed E-state index contributed by atoms with van der Waals surface area (Å²) in [5.41, 5.74) is 0.824. The molecule has 2 saturated heterocycles. The van der Waals surface area contributed by atoms with Crippen LogP contribution in [0.25, 0.3) is 0 Å². The molecule has 2 aliphatic rings. The number of ether oxygens (including phenoxy) is 1. The van der Waals surface area contributed by atoms with E-state index in [-0.39, 0.29) is 13.1 Å². The third kappa shape index (κ3) is 4.90. The van der Waals surface area contributed by atoms with Crippen LogP contribution >= 0.6 is 0 Å². The van der Waals surface area contributed by atoms with E-state index in [1.807, 2.05) is 17.9 Å². The number of sulfonamides is 1. The molecule has 0 radical (unpaired) electrons. The Hall–Kier alpha value is -2.60. The zero-order valence-corrected chi connectivity index (χ0v) is 18.4. The van der Waals surface area contributed by atoms with Crippen molar-refractivity contribution < 1.29 is 26.3 Å². The number of aromatic nitrogens is 2. The van der Waals surface area contributed by atoms with Crippen molar-refractivity contribution in [2.45, 2.75) is 31.0 Å². The SMILES string of the molecule is Cc1cc(N2CCCC2)nc(N2CCN(S(=O)(=O)c3ccccc3OC(F)(F)F)CC2)n1. The van der Waals surface area contributed by atoms with Crippen molar-refractivity contribution in [3.05, 3.63) is 36.0 Å². The number of hydrogen-bond donors (Lipinski definition) is 0. The Balaban J connectivity index is 1.50. The predicted octanol–water partition coefficient (Wildman–Crippen LogP) is 2.79. The van der Waals surface area contributed by atoms with Gasteiger partial charge < -0.3 is 14.5 Å². The summed E-state index contributed by atoms with van der Waals surface area (Å²) in [6, 6.07) is 6.72. The number of nitrogens with zero attached hydrogens (tertiary/aromatic N) is 5. The number of alkyl halides is 3. The van der Waals surface area contributed by atoms with Crippen LogP contribution < -0.4 is 14.5 Å². The van der Waals surface area contributed by atoms with Crippen LogP contribution in [0.5, 0.6) is 5.75 Å². The number of piperazine rings is 1. The molecule has 8 nitrogen and oxygen atoms in total. The van der Waals surface area contributed by atoms with Crippen LogP contribution in [0, 0.1) is 6.92 Å². The fourth-order valence-corrected chi connectivity index (χ4v) is 5.46. The highest BCUT2D eigenvalue weighted by Crippen LogP contribution is 2.32. The van der Waals surface area contributed by atoms with Gasteiger partial charge in [-0.3, -0.25) is 0 Å². The summed E-state index contributed by atoms with van der Waals surface area (Å²) < 4.78 is 69.3.